The van der Waals surface area contributed by atoms with Crippen LogP contribution >= 0.6 is 11.3 Å². The molecule has 1 saturated heterocycles. The molecule has 2 aliphatic heterocycles. The number of halogens is 3. The topological polar surface area (TPSA) is 107 Å². The van der Waals surface area contributed by atoms with E-state index in [-0.39, 0.29) is 12.6 Å². The fourth-order valence-corrected chi connectivity index (χ4v) is 4.34. The maximum Gasteiger partial charge on any atom is 0.490 e. The van der Waals surface area contributed by atoms with Crippen LogP contribution in [-0.2, 0) is 29.2 Å². The van der Waals surface area contributed by atoms with E-state index in [4.69, 9.17) is 14.6 Å². The summed E-state index contributed by atoms with van der Waals surface area (Å²) in [6, 6.07) is 1.99. The van der Waals surface area contributed by atoms with Crippen LogP contribution in [0.1, 0.15) is 37.7 Å². The number of alkyl halides is 3. The summed E-state index contributed by atoms with van der Waals surface area (Å²) in [5, 5.41) is 15.7. The Bertz CT molecular complexity index is 1080. The fourth-order valence-electron chi connectivity index (χ4n) is 3.68. The monoisotopic (exact) mass is 476 g/mol. The van der Waals surface area contributed by atoms with Crippen LogP contribution in [-0.4, -0.2) is 55.2 Å². The van der Waals surface area contributed by atoms with Gasteiger partial charge in [-0.05, 0) is 42.7 Å². The molecule has 1 spiro atoms. The van der Waals surface area contributed by atoms with E-state index in [1.54, 1.807) is 11.3 Å². The van der Waals surface area contributed by atoms with Gasteiger partial charge >= 0.3 is 23.3 Å². The van der Waals surface area contributed by atoms with Gasteiger partial charge in [-0.2, -0.15) is 29.6 Å². The molecule has 1 unspecified atom stereocenters. The maximum atomic E-state index is 12.5. The van der Waals surface area contributed by atoms with E-state index in [2.05, 4.69) is 26.8 Å². The number of ether oxygens (including phenoxy) is 1. The lowest BCUT2D eigenvalue weighted by atomic mass is 10.0. The van der Waals surface area contributed by atoms with Gasteiger partial charge in [0.15, 0.2) is 5.82 Å². The molecule has 1 N–H and O–H groups in total. The molecule has 2 aromatic rings. The molecule has 32 heavy (non-hydrogen) atoms. The van der Waals surface area contributed by atoms with E-state index in [0.29, 0.717) is 12.4 Å². The molecule has 0 saturated carbocycles. The largest absolute Gasteiger partial charge is 0.490 e. The van der Waals surface area contributed by atoms with Crippen molar-refractivity contribution in [3.63, 3.8) is 0 Å². The summed E-state index contributed by atoms with van der Waals surface area (Å²) < 4.78 is 40.7. The van der Waals surface area contributed by atoms with Gasteiger partial charge < -0.3 is 9.84 Å². The Morgan fingerprint density at radius 1 is 1.31 bits per heavy atom. The second-order valence-electron chi connectivity index (χ2n) is 8.02. The number of aromatic nitrogens is 3. The molecule has 4 rings (SSSR count). The van der Waals surface area contributed by atoms with Crippen LogP contribution in [0.4, 0.5) is 13.2 Å². The van der Waals surface area contributed by atoms with Crippen LogP contribution < -0.4 is 11.1 Å². The third-order valence-corrected chi connectivity index (χ3v) is 5.97. The first-order valence-corrected chi connectivity index (χ1v) is 10.8. The summed E-state index contributed by atoms with van der Waals surface area (Å²) >= 11 is 1.70. The summed E-state index contributed by atoms with van der Waals surface area (Å²) in [6.45, 7) is 6.95. The smallest absolute Gasteiger partial charge is 0.475 e. The van der Waals surface area contributed by atoms with Crippen LogP contribution in [0, 0.1) is 0 Å². The molecule has 4 heterocycles. The van der Waals surface area contributed by atoms with Gasteiger partial charge in [-0.15, -0.1) is 0 Å². The van der Waals surface area contributed by atoms with Gasteiger partial charge in [0.2, 0.25) is 0 Å². The summed E-state index contributed by atoms with van der Waals surface area (Å²) in [5.41, 5.74) is -0.135. The molecule has 0 bridgehead atoms. The SMILES string of the molecule is CC(C)n1nc2n(c(=O)c1=O)CC1(CCN(Cc3ccsc3)C1)OC2.O=C(O)C(F)(F)F. The van der Waals surface area contributed by atoms with Crippen molar-refractivity contribution in [2.75, 3.05) is 13.1 Å². The standard InChI is InChI=1S/C17H22N4O3S.C2HF3O2/c1-12(2)21-16(23)15(22)20-11-17(24-8-14(20)18-21)4-5-19(10-17)7-13-3-6-25-9-13;3-2(4,5)1(6)7/h3,6,9,12H,4-5,7-8,10-11H2,1-2H3;(H,6,7). The van der Waals surface area contributed by atoms with E-state index >= 15 is 0 Å². The van der Waals surface area contributed by atoms with Gasteiger partial charge in [-0.3, -0.25) is 19.1 Å². The highest BCUT2D eigenvalue weighted by Crippen LogP contribution is 2.32. The van der Waals surface area contributed by atoms with Crippen LogP contribution in [0.2, 0.25) is 0 Å². The minimum absolute atomic E-state index is 0.144. The Balaban J connectivity index is 0.000000360. The van der Waals surface area contributed by atoms with E-state index < -0.39 is 28.9 Å². The minimum Gasteiger partial charge on any atom is -0.475 e. The first-order valence-electron chi connectivity index (χ1n) is 9.82. The van der Waals surface area contributed by atoms with Gasteiger partial charge in [0, 0.05) is 19.6 Å². The molecule has 2 aliphatic rings. The average molecular weight is 476 g/mol. The van der Waals surface area contributed by atoms with E-state index in [9.17, 15) is 22.8 Å². The van der Waals surface area contributed by atoms with Crippen molar-refractivity contribution in [2.45, 2.75) is 57.8 Å². The zero-order chi connectivity index (χ0) is 23.7. The molecular weight excluding hydrogens is 453 g/mol. The Kier molecular flexibility index (Phi) is 6.91. The highest BCUT2D eigenvalue weighted by molar-refractivity contribution is 7.07. The molecule has 1 atom stereocenters. The van der Waals surface area contributed by atoms with Crippen molar-refractivity contribution in [1.29, 1.82) is 0 Å². The van der Waals surface area contributed by atoms with E-state index in [1.165, 1.54) is 14.8 Å². The third-order valence-electron chi connectivity index (χ3n) is 5.24. The van der Waals surface area contributed by atoms with Crippen molar-refractivity contribution in [3.05, 3.63) is 48.9 Å². The first kappa shape index (κ1) is 24.1. The number of likely N-dealkylation sites (tertiary alicyclic amines) is 1. The highest BCUT2D eigenvalue weighted by Gasteiger charge is 2.43. The molecule has 13 heteroatoms. The van der Waals surface area contributed by atoms with E-state index in [0.717, 1.165) is 26.1 Å². The summed E-state index contributed by atoms with van der Waals surface area (Å²) in [6.07, 6.45) is -4.23. The van der Waals surface area contributed by atoms with Crippen LogP contribution in [0.3, 0.4) is 0 Å². The zero-order valence-electron chi connectivity index (χ0n) is 17.5. The number of fused-ring (bicyclic) bond motifs is 1. The number of rotatable bonds is 3. The second kappa shape index (κ2) is 9.16. The van der Waals surface area contributed by atoms with Gasteiger partial charge in [0.25, 0.3) is 0 Å². The Morgan fingerprint density at radius 3 is 2.56 bits per heavy atom. The molecule has 0 amide bonds. The minimum atomic E-state index is -5.08. The molecule has 0 radical (unpaired) electrons. The van der Waals surface area contributed by atoms with E-state index in [1.807, 2.05) is 13.8 Å². The lowest BCUT2D eigenvalue weighted by Crippen LogP contribution is -2.53. The molecule has 176 valence electrons. The van der Waals surface area contributed by atoms with Crippen molar-refractivity contribution >= 4 is 17.3 Å². The molecule has 1 fully saturated rings. The highest BCUT2D eigenvalue weighted by atomic mass is 32.1. The predicted molar refractivity (Wildman–Crippen MR) is 109 cm³/mol. The summed E-state index contributed by atoms with van der Waals surface area (Å²) in [4.78, 5) is 36.1. The molecule has 0 aliphatic carbocycles. The fraction of sp³-hybridized carbons (Fsp3) is 0.579. The second-order valence-corrected chi connectivity index (χ2v) is 8.80. The van der Waals surface area contributed by atoms with Crippen molar-refractivity contribution in [2.24, 2.45) is 0 Å². The van der Waals surface area contributed by atoms with Gasteiger partial charge in [0.1, 0.15) is 12.2 Å². The lowest BCUT2D eigenvalue weighted by molar-refractivity contribution is -0.192. The number of carbonyl (C=O) groups is 1. The van der Waals surface area contributed by atoms with Crippen LogP contribution in [0.5, 0.6) is 0 Å². The molecule has 9 nitrogen and oxygen atoms in total. The number of thiophene rings is 1. The van der Waals surface area contributed by atoms with Gasteiger partial charge in [0.05, 0.1) is 12.6 Å². The van der Waals surface area contributed by atoms with Gasteiger partial charge in [-0.25, -0.2) is 9.48 Å². The Labute approximate surface area is 184 Å². The maximum absolute atomic E-state index is 12.5. The number of hydrogen-bond donors (Lipinski definition) is 1. The average Bonchev–Trinajstić information content (AvgIpc) is 3.35. The van der Waals surface area contributed by atoms with Gasteiger partial charge in [-0.1, -0.05) is 0 Å². The van der Waals surface area contributed by atoms with Crippen LogP contribution in [0.25, 0.3) is 0 Å². The normalized spacial score (nSPS) is 20.8. The Hall–Kier alpha value is -2.51. The zero-order valence-corrected chi connectivity index (χ0v) is 18.3. The molecule has 0 aromatic carbocycles. The Morgan fingerprint density at radius 2 is 2.00 bits per heavy atom. The van der Waals surface area contributed by atoms with Crippen molar-refractivity contribution < 1.29 is 27.8 Å². The van der Waals surface area contributed by atoms with Crippen molar-refractivity contribution in [1.82, 2.24) is 19.2 Å². The summed E-state index contributed by atoms with van der Waals surface area (Å²) in [5.74, 6) is -2.22. The number of carboxylic acids is 1. The molecular formula is C19H23F3N4O5S. The quantitative estimate of drug-likeness (QED) is 0.674. The lowest BCUT2D eigenvalue weighted by Gasteiger charge is -2.35. The predicted octanol–water partition coefficient (Wildman–Crippen LogP) is 1.86. The number of hydrogen-bond acceptors (Lipinski definition) is 7. The number of aliphatic carboxylic acids is 1. The van der Waals surface area contributed by atoms with Crippen LogP contribution in [0.15, 0.2) is 26.4 Å². The third kappa shape index (κ3) is 5.27. The first-order chi connectivity index (χ1) is 14.9. The summed E-state index contributed by atoms with van der Waals surface area (Å²) in [7, 11) is 0. The number of carboxylic acid groups (broad SMARTS) is 1. The number of nitrogens with zero attached hydrogens (tertiary/aromatic N) is 4. The molecule has 2 aromatic heterocycles. The van der Waals surface area contributed by atoms with Crippen molar-refractivity contribution in [3.8, 4) is 0 Å².